The van der Waals surface area contributed by atoms with Crippen LogP contribution in [0.25, 0.3) is 0 Å². The van der Waals surface area contributed by atoms with Gasteiger partial charge in [0.05, 0.1) is 6.54 Å². The molecule has 2 aliphatic rings. The molecular formula is C21H36IN5. The Morgan fingerprint density at radius 1 is 1.04 bits per heavy atom. The molecule has 6 heteroatoms. The molecule has 2 N–H and O–H groups in total. The van der Waals surface area contributed by atoms with Crippen LogP contribution in [-0.4, -0.2) is 61.6 Å². The van der Waals surface area contributed by atoms with Crippen molar-refractivity contribution < 1.29 is 0 Å². The Labute approximate surface area is 182 Å². The molecule has 0 aromatic heterocycles. The normalized spacial score (nSPS) is 19.7. The van der Waals surface area contributed by atoms with E-state index >= 15 is 0 Å². The third-order valence-corrected chi connectivity index (χ3v) is 5.49. The lowest BCUT2D eigenvalue weighted by molar-refractivity contribution is 0.148. The van der Waals surface area contributed by atoms with Crippen LogP contribution in [0.2, 0.25) is 0 Å². The summed E-state index contributed by atoms with van der Waals surface area (Å²) in [5.41, 5.74) is 2.68. The van der Waals surface area contributed by atoms with Gasteiger partial charge in [0.15, 0.2) is 5.96 Å². The second-order valence-corrected chi connectivity index (χ2v) is 7.72. The highest BCUT2D eigenvalue weighted by Crippen LogP contribution is 2.17. The molecule has 2 fully saturated rings. The summed E-state index contributed by atoms with van der Waals surface area (Å²) in [5, 5.41) is 6.96. The van der Waals surface area contributed by atoms with Crippen LogP contribution in [0.5, 0.6) is 0 Å². The summed E-state index contributed by atoms with van der Waals surface area (Å²) >= 11 is 0. The fraction of sp³-hybridized carbons (Fsp3) is 0.667. The summed E-state index contributed by atoms with van der Waals surface area (Å²) < 4.78 is 0. The first-order valence-corrected chi connectivity index (χ1v) is 10.3. The number of nitrogens with zero attached hydrogens (tertiary/aromatic N) is 3. The zero-order valence-electron chi connectivity index (χ0n) is 16.9. The lowest BCUT2D eigenvalue weighted by Gasteiger charge is -2.32. The molecule has 1 aliphatic heterocycles. The number of guanidine groups is 1. The topological polar surface area (TPSA) is 42.9 Å². The highest BCUT2D eigenvalue weighted by Gasteiger charge is 2.16. The van der Waals surface area contributed by atoms with Crippen LogP contribution in [0.4, 0.5) is 0 Å². The molecule has 3 rings (SSSR count). The molecule has 1 heterocycles. The van der Waals surface area contributed by atoms with Gasteiger partial charge in [-0.3, -0.25) is 4.90 Å². The average Bonchev–Trinajstić information content (AvgIpc) is 3.16. The van der Waals surface area contributed by atoms with Gasteiger partial charge in [0.25, 0.3) is 0 Å². The van der Waals surface area contributed by atoms with Gasteiger partial charge in [-0.05, 0) is 37.9 Å². The van der Waals surface area contributed by atoms with Crippen molar-refractivity contribution in [3.05, 3.63) is 35.4 Å². The van der Waals surface area contributed by atoms with E-state index in [0.717, 1.165) is 25.6 Å². The summed E-state index contributed by atoms with van der Waals surface area (Å²) in [4.78, 5) is 9.72. The van der Waals surface area contributed by atoms with E-state index in [9.17, 15) is 0 Å². The van der Waals surface area contributed by atoms with Gasteiger partial charge in [0.2, 0.25) is 0 Å². The average molecular weight is 485 g/mol. The quantitative estimate of drug-likeness (QED) is 0.370. The van der Waals surface area contributed by atoms with Crippen LogP contribution in [0, 0.1) is 0 Å². The number of rotatable bonds is 6. The standard InChI is InChI=1S/C21H35N5.HI/c1-3-22-21(24-20-6-4-5-7-20)23-16-18-8-10-19(11-9-18)17-26-14-12-25(2)13-15-26;/h8-11,20H,3-7,12-17H2,1-2H3,(H2,22,23,24);1H. The monoisotopic (exact) mass is 485 g/mol. The van der Waals surface area contributed by atoms with Gasteiger partial charge in [-0.2, -0.15) is 0 Å². The minimum absolute atomic E-state index is 0. The van der Waals surface area contributed by atoms with E-state index in [0.29, 0.717) is 6.04 Å². The molecule has 0 bridgehead atoms. The first kappa shape index (κ1) is 22.4. The number of hydrogen-bond donors (Lipinski definition) is 2. The van der Waals surface area contributed by atoms with Crippen LogP contribution in [0.15, 0.2) is 29.3 Å². The van der Waals surface area contributed by atoms with Crippen LogP contribution < -0.4 is 10.6 Å². The molecule has 0 atom stereocenters. The largest absolute Gasteiger partial charge is 0.357 e. The number of halogens is 1. The van der Waals surface area contributed by atoms with Crippen LogP contribution in [0.1, 0.15) is 43.7 Å². The van der Waals surface area contributed by atoms with E-state index in [1.54, 1.807) is 0 Å². The van der Waals surface area contributed by atoms with Crippen molar-refractivity contribution in [1.82, 2.24) is 20.4 Å². The highest BCUT2D eigenvalue weighted by molar-refractivity contribution is 14.0. The van der Waals surface area contributed by atoms with Gasteiger partial charge in [0.1, 0.15) is 0 Å². The zero-order valence-corrected chi connectivity index (χ0v) is 19.2. The van der Waals surface area contributed by atoms with Crippen LogP contribution >= 0.6 is 24.0 Å². The molecule has 0 radical (unpaired) electrons. The molecule has 1 aliphatic carbocycles. The van der Waals surface area contributed by atoms with E-state index in [1.165, 1.54) is 63.0 Å². The number of aliphatic imine (C=N–C) groups is 1. The summed E-state index contributed by atoms with van der Waals surface area (Å²) in [6, 6.07) is 9.59. The molecular weight excluding hydrogens is 449 g/mol. The molecule has 1 aromatic rings. The van der Waals surface area contributed by atoms with Gasteiger partial charge in [-0.25, -0.2) is 4.99 Å². The molecule has 0 amide bonds. The molecule has 0 spiro atoms. The van der Waals surface area contributed by atoms with E-state index in [2.05, 4.69) is 58.7 Å². The summed E-state index contributed by atoms with van der Waals surface area (Å²) in [5.74, 6) is 0.959. The second kappa shape index (κ2) is 11.9. The van der Waals surface area contributed by atoms with Crippen LogP contribution in [0.3, 0.4) is 0 Å². The smallest absolute Gasteiger partial charge is 0.191 e. The number of hydrogen-bond acceptors (Lipinski definition) is 3. The van der Waals surface area contributed by atoms with Crippen molar-refractivity contribution in [3.63, 3.8) is 0 Å². The van der Waals surface area contributed by atoms with Crippen molar-refractivity contribution >= 4 is 29.9 Å². The Morgan fingerprint density at radius 3 is 2.30 bits per heavy atom. The van der Waals surface area contributed by atoms with Crippen molar-refractivity contribution in [1.29, 1.82) is 0 Å². The number of benzene rings is 1. The predicted molar refractivity (Wildman–Crippen MR) is 125 cm³/mol. The SMILES string of the molecule is CCNC(=NCc1ccc(CN2CCN(C)CC2)cc1)NC1CCCC1.I. The Kier molecular flexibility index (Phi) is 9.86. The molecule has 27 heavy (non-hydrogen) atoms. The Morgan fingerprint density at radius 2 is 1.67 bits per heavy atom. The zero-order chi connectivity index (χ0) is 18.2. The summed E-state index contributed by atoms with van der Waals surface area (Å²) in [7, 11) is 2.20. The van der Waals surface area contributed by atoms with Crippen molar-refractivity contribution in [2.45, 2.75) is 51.7 Å². The Balaban J connectivity index is 0.00000261. The van der Waals surface area contributed by atoms with Gasteiger partial charge in [-0.1, -0.05) is 37.1 Å². The van der Waals surface area contributed by atoms with Gasteiger partial charge in [0, 0.05) is 45.3 Å². The van der Waals surface area contributed by atoms with Crippen molar-refractivity contribution in [2.75, 3.05) is 39.8 Å². The Bertz CT molecular complexity index is 560. The van der Waals surface area contributed by atoms with E-state index in [1.807, 2.05) is 0 Å². The third-order valence-electron chi connectivity index (χ3n) is 5.49. The maximum atomic E-state index is 4.78. The minimum Gasteiger partial charge on any atom is -0.357 e. The first-order chi connectivity index (χ1) is 12.7. The number of likely N-dealkylation sites (N-methyl/N-ethyl adjacent to an activating group) is 1. The fourth-order valence-electron chi connectivity index (χ4n) is 3.77. The molecule has 5 nitrogen and oxygen atoms in total. The predicted octanol–water partition coefficient (Wildman–Crippen LogP) is 3.05. The maximum absolute atomic E-state index is 4.78. The highest BCUT2D eigenvalue weighted by atomic mass is 127. The Hall–Kier alpha value is -0.860. The van der Waals surface area contributed by atoms with Crippen LogP contribution in [-0.2, 0) is 13.1 Å². The lowest BCUT2D eigenvalue weighted by Crippen LogP contribution is -2.43. The van der Waals surface area contributed by atoms with Gasteiger partial charge >= 0.3 is 0 Å². The van der Waals surface area contributed by atoms with E-state index in [-0.39, 0.29) is 24.0 Å². The third kappa shape index (κ3) is 7.58. The van der Waals surface area contributed by atoms with Gasteiger partial charge < -0.3 is 15.5 Å². The fourth-order valence-corrected chi connectivity index (χ4v) is 3.77. The summed E-state index contributed by atoms with van der Waals surface area (Å²) in [6.45, 7) is 9.51. The molecule has 1 saturated carbocycles. The number of nitrogens with one attached hydrogen (secondary N) is 2. The minimum atomic E-state index is 0. The van der Waals surface area contributed by atoms with E-state index < -0.39 is 0 Å². The molecule has 1 aromatic carbocycles. The molecule has 0 unspecified atom stereocenters. The van der Waals surface area contributed by atoms with E-state index in [4.69, 9.17) is 4.99 Å². The number of piperazine rings is 1. The first-order valence-electron chi connectivity index (χ1n) is 10.3. The lowest BCUT2D eigenvalue weighted by atomic mass is 10.1. The molecule has 152 valence electrons. The second-order valence-electron chi connectivity index (χ2n) is 7.72. The van der Waals surface area contributed by atoms with Crippen molar-refractivity contribution in [2.24, 2.45) is 4.99 Å². The summed E-state index contributed by atoms with van der Waals surface area (Å²) in [6.07, 6.45) is 5.22. The van der Waals surface area contributed by atoms with Crippen molar-refractivity contribution in [3.8, 4) is 0 Å². The van der Waals surface area contributed by atoms with Gasteiger partial charge in [-0.15, -0.1) is 24.0 Å². The maximum Gasteiger partial charge on any atom is 0.191 e. The molecule has 1 saturated heterocycles.